The van der Waals surface area contributed by atoms with Crippen molar-refractivity contribution in [3.63, 3.8) is 0 Å². The van der Waals surface area contributed by atoms with Crippen molar-refractivity contribution in [1.29, 1.82) is 0 Å². The fourth-order valence-corrected chi connectivity index (χ4v) is 3.36. The van der Waals surface area contributed by atoms with E-state index in [1.54, 1.807) is 6.33 Å². The fourth-order valence-electron chi connectivity index (χ4n) is 3.36. The van der Waals surface area contributed by atoms with Crippen molar-refractivity contribution in [2.24, 2.45) is 0 Å². The Balaban J connectivity index is 1.45. The summed E-state index contributed by atoms with van der Waals surface area (Å²) >= 11 is 0. The molecule has 0 saturated carbocycles. The van der Waals surface area contributed by atoms with Crippen molar-refractivity contribution in [2.75, 3.05) is 35.2 Å². The molecule has 0 aliphatic carbocycles. The third-order valence-corrected chi connectivity index (χ3v) is 4.73. The number of anilines is 5. The van der Waals surface area contributed by atoms with Crippen molar-refractivity contribution in [3.05, 3.63) is 60.9 Å². The Bertz CT molecular complexity index is 907. The van der Waals surface area contributed by atoms with Gasteiger partial charge in [0, 0.05) is 30.5 Å². The third-order valence-electron chi connectivity index (χ3n) is 4.73. The summed E-state index contributed by atoms with van der Waals surface area (Å²) in [6.07, 6.45) is 4.11. The van der Waals surface area contributed by atoms with Crippen molar-refractivity contribution < 1.29 is 4.74 Å². The van der Waals surface area contributed by atoms with Crippen LogP contribution in [-0.2, 0) is 0 Å². The molecule has 0 unspecified atom stereocenters. The van der Waals surface area contributed by atoms with Crippen molar-refractivity contribution in [2.45, 2.75) is 19.8 Å². The lowest BCUT2D eigenvalue weighted by Crippen LogP contribution is -2.17. The van der Waals surface area contributed by atoms with Crippen LogP contribution in [0.15, 0.2) is 60.9 Å². The molecule has 0 spiro atoms. The molecule has 0 radical (unpaired) electrons. The van der Waals surface area contributed by atoms with Gasteiger partial charge in [0.05, 0.1) is 12.3 Å². The van der Waals surface area contributed by atoms with Gasteiger partial charge in [-0.1, -0.05) is 12.1 Å². The van der Waals surface area contributed by atoms with Gasteiger partial charge >= 0.3 is 0 Å². The molecule has 1 aromatic heterocycles. The number of nitrogens with one attached hydrogen (secondary N) is 2. The zero-order chi connectivity index (χ0) is 19.2. The SMILES string of the molecule is CCOc1ccccc1Nc1cc(Nc2ccc(N3CCCC3)cc2)ncn1. The molecule has 2 aromatic carbocycles. The molecular weight excluding hydrogens is 350 g/mol. The standard InChI is InChI=1S/C22H25N5O/c1-2-28-20-8-4-3-7-19(20)26-22-15-21(23-16-24-22)25-17-9-11-18(12-10-17)27-13-5-6-14-27/h3-4,7-12,15-16H,2,5-6,13-14H2,1H3,(H2,23,24,25,26). The van der Waals surface area contributed by atoms with Crippen LogP contribution in [0.3, 0.4) is 0 Å². The summed E-state index contributed by atoms with van der Waals surface area (Å²) in [5, 5.41) is 6.65. The molecule has 2 N–H and O–H groups in total. The molecule has 28 heavy (non-hydrogen) atoms. The monoisotopic (exact) mass is 375 g/mol. The molecule has 3 aromatic rings. The Labute approximate surface area is 165 Å². The normalized spacial score (nSPS) is 13.4. The van der Waals surface area contributed by atoms with Gasteiger partial charge in [0.1, 0.15) is 23.7 Å². The lowest BCUT2D eigenvalue weighted by atomic mass is 10.2. The van der Waals surface area contributed by atoms with Gasteiger partial charge in [-0.2, -0.15) is 0 Å². The predicted molar refractivity (Wildman–Crippen MR) is 114 cm³/mol. The van der Waals surface area contributed by atoms with E-state index in [2.05, 4.69) is 49.8 Å². The van der Waals surface area contributed by atoms with Gasteiger partial charge in [-0.25, -0.2) is 9.97 Å². The van der Waals surface area contributed by atoms with Gasteiger partial charge in [0.25, 0.3) is 0 Å². The molecule has 1 aliphatic heterocycles. The van der Waals surface area contributed by atoms with Gasteiger partial charge in [0.15, 0.2) is 0 Å². The van der Waals surface area contributed by atoms with Crippen LogP contribution in [0.4, 0.5) is 28.7 Å². The molecular formula is C22H25N5O. The van der Waals surface area contributed by atoms with Crippen LogP contribution < -0.4 is 20.3 Å². The first-order valence-corrected chi connectivity index (χ1v) is 9.75. The average molecular weight is 375 g/mol. The van der Waals surface area contributed by atoms with E-state index in [1.165, 1.54) is 18.5 Å². The van der Waals surface area contributed by atoms with Crippen LogP contribution >= 0.6 is 0 Å². The Morgan fingerprint density at radius 2 is 1.64 bits per heavy atom. The minimum Gasteiger partial charge on any atom is -0.492 e. The van der Waals surface area contributed by atoms with Crippen LogP contribution in [0.25, 0.3) is 0 Å². The number of nitrogens with zero attached hydrogens (tertiary/aromatic N) is 3. The van der Waals surface area contributed by atoms with E-state index in [9.17, 15) is 0 Å². The molecule has 0 bridgehead atoms. The minimum atomic E-state index is 0.614. The molecule has 0 atom stereocenters. The van der Waals surface area contributed by atoms with E-state index >= 15 is 0 Å². The number of rotatable bonds is 7. The highest BCUT2D eigenvalue weighted by molar-refractivity contribution is 5.67. The van der Waals surface area contributed by atoms with Gasteiger partial charge in [-0.15, -0.1) is 0 Å². The summed E-state index contributed by atoms with van der Waals surface area (Å²) in [6, 6.07) is 18.2. The highest BCUT2D eigenvalue weighted by Gasteiger charge is 2.12. The number of aromatic nitrogens is 2. The summed E-state index contributed by atoms with van der Waals surface area (Å²) < 4.78 is 5.66. The molecule has 6 heteroatoms. The first kappa shape index (κ1) is 18.1. The summed E-state index contributed by atoms with van der Waals surface area (Å²) in [5.41, 5.74) is 3.16. The first-order valence-electron chi connectivity index (χ1n) is 9.75. The second-order valence-corrected chi connectivity index (χ2v) is 6.71. The summed E-state index contributed by atoms with van der Waals surface area (Å²) in [6.45, 7) is 4.88. The summed E-state index contributed by atoms with van der Waals surface area (Å²) in [4.78, 5) is 11.1. The molecule has 6 nitrogen and oxygen atoms in total. The fraction of sp³-hybridized carbons (Fsp3) is 0.273. The van der Waals surface area contributed by atoms with E-state index in [0.717, 1.165) is 36.0 Å². The van der Waals surface area contributed by atoms with E-state index in [1.807, 2.05) is 37.3 Å². The molecule has 1 fully saturated rings. The number of benzene rings is 2. The van der Waals surface area contributed by atoms with Crippen LogP contribution in [0, 0.1) is 0 Å². The minimum absolute atomic E-state index is 0.614. The van der Waals surface area contributed by atoms with Gasteiger partial charge in [-0.05, 0) is 56.2 Å². The lowest BCUT2D eigenvalue weighted by molar-refractivity contribution is 0.342. The highest BCUT2D eigenvalue weighted by atomic mass is 16.5. The highest BCUT2D eigenvalue weighted by Crippen LogP contribution is 2.28. The van der Waals surface area contributed by atoms with E-state index < -0.39 is 0 Å². The topological polar surface area (TPSA) is 62.3 Å². The van der Waals surface area contributed by atoms with Crippen molar-refractivity contribution >= 4 is 28.7 Å². The number of ether oxygens (including phenoxy) is 1. The van der Waals surface area contributed by atoms with E-state index in [-0.39, 0.29) is 0 Å². The second kappa shape index (κ2) is 8.61. The Hall–Kier alpha value is -3.28. The lowest BCUT2D eigenvalue weighted by Gasteiger charge is -2.18. The molecule has 1 saturated heterocycles. The molecule has 1 aliphatic rings. The zero-order valence-corrected chi connectivity index (χ0v) is 16.1. The van der Waals surface area contributed by atoms with Gasteiger partial charge < -0.3 is 20.3 Å². The third kappa shape index (κ3) is 4.34. The predicted octanol–water partition coefficient (Wildman–Crippen LogP) is 4.96. The van der Waals surface area contributed by atoms with Crippen molar-refractivity contribution in [3.8, 4) is 5.75 Å². The molecule has 4 rings (SSSR count). The van der Waals surface area contributed by atoms with Crippen LogP contribution in [0.2, 0.25) is 0 Å². The number of para-hydroxylation sites is 2. The quantitative estimate of drug-likeness (QED) is 0.608. The van der Waals surface area contributed by atoms with E-state index in [4.69, 9.17) is 4.74 Å². The first-order chi connectivity index (χ1) is 13.8. The average Bonchev–Trinajstić information content (AvgIpc) is 3.25. The van der Waals surface area contributed by atoms with E-state index in [0.29, 0.717) is 12.4 Å². The maximum atomic E-state index is 5.66. The van der Waals surface area contributed by atoms with Crippen molar-refractivity contribution in [1.82, 2.24) is 9.97 Å². The van der Waals surface area contributed by atoms with Crippen LogP contribution in [0.5, 0.6) is 5.75 Å². The number of hydrogen-bond acceptors (Lipinski definition) is 6. The molecule has 2 heterocycles. The smallest absolute Gasteiger partial charge is 0.142 e. The Kier molecular flexibility index (Phi) is 5.56. The van der Waals surface area contributed by atoms with Gasteiger partial charge in [-0.3, -0.25) is 0 Å². The zero-order valence-electron chi connectivity index (χ0n) is 16.1. The summed E-state index contributed by atoms with van der Waals surface area (Å²) in [7, 11) is 0. The summed E-state index contributed by atoms with van der Waals surface area (Å²) in [5.74, 6) is 2.24. The van der Waals surface area contributed by atoms with Crippen LogP contribution in [-0.4, -0.2) is 29.7 Å². The van der Waals surface area contributed by atoms with Crippen LogP contribution in [0.1, 0.15) is 19.8 Å². The van der Waals surface area contributed by atoms with Gasteiger partial charge in [0.2, 0.25) is 0 Å². The maximum Gasteiger partial charge on any atom is 0.142 e. The number of hydrogen-bond donors (Lipinski definition) is 2. The second-order valence-electron chi connectivity index (χ2n) is 6.71. The molecule has 144 valence electrons. The molecule has 0 amide bonds. The Morgan fingerprint density at radius 3 is 2.39 bits per heavy atom. The Morgan fingerprint density at radius 1 is 0.929 bits per heavy atom. The maximum absolute atomic E-state index is 5.66. The largest absolute Gasteiger partial charge is 0.492 e.